The predicted molar refractivity (Wildman–Crippen MR) is 88.6 cm³/mol. The Labute approximate surface area is 132 Å². The van der Waals surface area contributed by atoms with Crippen LogP contribution in [0.2, 0.25) is 0 Å². The smallest absolute Gasteiger partial charge is 0.0701 e. The van der Waals surface area contributed by atoms with Crippen LogP contribution in [0.1, 0.15) is 4.88 Å². The number of benzene rings is 1. The van der Waals surface area contributed by atoms with Crippen molar-refractivity contribution in [3.8, 4) is 0 Å². The van der Waals surface area contributed by atoms with E-state index >= 15 is 0 Å². The second kappa shape index (κ2) is 7.10. The lowest BCUT2D eigenvalue weighted by molar-refractivity contribution is 0.757. The summed E-state index contributed by atoms with van der Waals surface area (Å²) in [5, 5.41) is 0. The molecule has 0 bridgehead atoms. The maximum atomic E-state index is 6.15. The Morgan fingerprint density at radius 3 is 2.44 bits per heavy atom. The minimum Gasteiger partial charge on any atom is -0.327 e. The zero-order chi connectivity index (χ0) is 13.0. The second-order valence-electron chi connectivity index (χ2n) is 3.93. The third-order valence-electron chi connectivity index (χ3n) is 2.37. The van der Waals surface area contributed by atoms with Gasteiger partial charge in [-0.1, -0.05) is 15.9 Å². The van der Waals surface area contributed by atoms with Crippen molar-refractivity contribution < 1.29 is 0 Å². The van der Waals surface area contributed by atoms with Gasteiger partial charge in [0.2, 0.25) is 0 Å². The highest BCUT2D eigenvalue weighted by atomic mass is 79.9. The molecule has 0 aliphatic rings. The van der Waals surface area contributed by atoms with Gasteiger partial charge in [-0.15, -0.1) is 23.1 Å². The fourth-order valence-electron chi connectivity index (χ4n) is 1.51. The third kappa shape index (κ3) is 4.70. The summed E-state index contributed by atoms with van der Waals surface area (Å²) < 4.78 is 2.28. The second-order valence-corrected chi connectivity index (χ2v) is 8.49. The first-order chi connectivity index (χ1) is 8.63. The van der Waals surface area contributed by atoms with Crippen LogP contribution in [0, 0.1) is 0 Å². The van der Waals surface area contributed by atoms with Gasteiger partial charge in [0.05, 0.1) is 3.79 Å². The van der Waals surface area contributed by atoms with E-state index in [-0.39, 0.29) is 6.04 Å². The first-order valence-corrected chi connectivity index (χ1v) is 8.90. The molecule has 0 spiro atoms. The van der Waals surface area contributed by atoms with Gasteiger partial charge in [0.25, 0.3) is 0 Å². The van der Waals surface area contributed by atoms with Crippen molar-refractivity contribution in [2.24, 2.45) is 5.73 Å². The number of halogens is 2. The Hall–Kier alpha value is 0.190. The van der Waals surface area contributed by atoms with Crippen LogP contribution in [0.5, 0.6) is 0 Å². The van der Waals surface area contributed by atoms with E-state index in [0.29, 0.717) is 0 Å². The largest absolute Gasteiger partial charge is 0.327 e. The molecule has 0 fully saturated rings. The summed E-state index contributed by atoms with van der Waals surface area (Å²) in [5.74, 6) is 0.942. The van der Waals surface area contributed by atoms with Crippen molar-refractivity contribution in [2.75, 3.05) is 5.75 Å². The lowest BCUT2D eigenvalue weighted by Gasteiger charge is -2.09. The van der Waals surface area contributed by atoms with Gasteiger partial charge in [-0.2, -0.15) is 0 Å². The molecule has 0 aliphatic carbocycles. The highest BCUT2D eigenvalue weighted by Gasteiger charge is 2.07. The number of thioether (sulfide) groups is 1. The molecular weight excluding hydrogens is 394 g/mol. The minimum atomic E-state index is 0.198. The van der Waals surface area contributed by atoms with Gasteiger partial charge >= 0.3 is 0 Å². The average molecular weight is 407 g/mol. The van der Waals surface area contributed by atoms with Gasteiger partial charge < -0.3 is 5.73 Å². The topological polar surface area (TPSA) is 26.0 Å². The van der Waals surface area contributed by atoms with Crippen LogP contribution < -0.4 is 5.73 Å². The van der Waals surface area contributed by atoms with E-state index in [4.69, 9.17) is 5.73 Å². The molecule has 2 rings (SSSR count). The summed E-state index contributed by atoms with van der Waals surface area (Å²) in [4.78, 5) is 2.60. The monoisotopic (exact) mass is 405 g/mol. The number of thiophene rings is 1. The molecular formula is C13H13Br2NS2. The molecule has 2 N–H and O–H groups in total. The zero-order valence-electron chi connectivity index (χ0n) is 9.61. The fraction of sp³-hybridized carbons (Fsp3) is 0.231. The Balaban J connectivity index is 1.81. The maximum Gasteiger partial charge on any atom is 0.0701 e. The third-order valence-corrected chi connectivity index (χ3v) is 5.74. The number of hydrogen-bond acceptors (Lipinski definition) is 3. The average Bonchev–Trinajstić information content (AvgIpc) is 2.74. The van der Waals surface area contributed by atoms with E-state index in [1.54, 1.807) is 11.3 Å². The lowest BCUT2D eigenvalue weighted by Crippen LogP contribution is -2.25. The van der Waals surface area contributed by atoms with Crippen molar-refractivity contribution >= 4 is 55.0 Å². The highest BCUT2D eigenvalue weighted by Crippen LogP contribution is 2.25. The van der Waals surface area contributed by atoms with Crippen LogP contribution in [0.25, 0.3) is 0 Å². The molecule has 1 atom stereocenters. The molecule has 96 valence electrons. The van der Waals surface area contributed by atoms with Crippen LogP contribution in [-0.4, -0.2) is 11.8 Å². The molecule has 1 heterocycles. The Morgan fingerprint density at radius 2 is 1.83 bits per heavy atom. The summed E-state index contributed by atoms with van der Waals surface area (Å²) in [7, 11) is 0. The molecule has 0 amide bonds. The lowest BCUT2D eigenvalue weighted by atomic mass is 10.2. The van der Waals surface area contributed by atoms with Crippen LogP contribution >= 0.6 is 55.0 Å². The van der Waals surface area contributed by atoms with E-state index in [1.807, 2.05) is 11.8 Å². The summed E-state index contributed by atoms with van der Waals surface area (Å²) in [5.41, 5.74) is 6.15. The number of hydrogen-bond donors (Lipinski definition) is 1. The molecule has 1 nitrogen and oxygen atoms in total. The van der Waals surface area contributed by atoms with Crippen LogP contribution in [-0.2, 0) is 6.42 Å². The maximum absolute atomic E-state index is 6.15. The molecule has 1 unspecified atom stereocenters. The van der Waals surface area contributed by atoms with Crippen molar-refractivity contribution in [1.29, 1.82) is 0 Å². The van der Waals surface area contributed by atoms with Crippen molar-refractivity contribution in [3.05, 3.63) is 49.5 Å². The van der Waals surface area contributed by atoms with Crippen molar-refractivity contribution in [1.82, 2.24) is 0 Å². The predicted octanol–water partition coefficient (Wildman–Crippen LogP) is 4.94. The number of rotatable bonds is 5. The zero-order valence-corrected chi connectivity index (χ0v) is 14.4. The Kier molecular flexibility index (Phi) is 5.76. The SMILES string of the molecule is NC(CSc1ccc(Br)cc1)Cc1ccc(Br)s1. The van der Waals surface area contributed by atoms with Crippen LogP contribution in [0.4, 0.5) is 0 Å². The standard InChI is InChI=1S/C13H13Br2NS2/c14-9-1-3-11(4-2-9)17-8-10(16)7-12-5-6-13(15)18-12/h1-6,10H,7-8,16H2. The van der Waals surface area contributed by atoms with E-state index in [1.165, 1.54) is 13.6 Å². The van der Waals surface area contributed by atoms with Crippen LogP contribution in [0.15, 0.2) is 49.6 Å². The van der Waals surface area contributed by atoms with Gasteiger partial charge in [-0.3, -0.25) is 0 Å². The van der Waals surface area contributed by atoms with E-state index in [9.17, 15) is 0 Å². The summed E-state index contributed by atoms with van der Waals surface area (Å²) in [6.07, 6.45) is 0.944. The molecule has 5 heteroatoms. The fourth-order valence-corrected chi connectivity index (χ4v) is 4.21. The molecule has 1 aromatic heterocycles. The van der Waals surface area contributed by atoms with E-state index in [2.05, 4.69) is 68.3 Å². The van der Waals surface area contributed by atoms with Gasteiger partial charge in [0.1, 0.15) is 0 Å². The first kappa shape index (κ1) is 14.6. The highest BCUT2D eigenvalue weighted by molar-refractivity contribution is 9.11. The summed E-state index contributed by atoms with van der Waals surface area (Å²) in [6.45, 7) is 0. The molecule has 0 radical (unpaired) electrons. The quantitative estimate of drug-likeness (QED) is 0.712. The van der Waals surface area contributed by atoms with Gasteiger partial charge in [0, 0.05) is 26.0 Å². The molecule has 0 saturated heterocycles. The molecule has 0 aliphatic heterocycles. The molecule has 0 saturated carbocycles. The number of nitrogens with two attached hydrogens (primary N) is 1. The minimum absolute atomic E-state index is 0.198. The Morgan fingerprint density at radius 1 is 1.11 bits per heavy atom. The van der Waals surface area contributed by atoms with Gasteiger partial charge in [-0.05, 0) is 58.7 Å². The van der Waals surface area contributed by atoms with E-state index < -0.39 is 0 Å². The van der Waals surface area contributed by atoms with Gasteiger partial charge in [-0.25, -0.2) is 0 Å². The molecule has 2 aromatic rings. The molecule has 18 heavy (non-hydrogen) atoms. The summed E-state index contributed by atoms with van der Waals surface area (Å²) >= 11 is 10.5. The van der Waals surface area contributed by atoms with Crippen LogP contribution in [0.3, 0.4) is 0 Å². The van der Waals surface area contributed by atoms with Crippen molar-refractivity contribution in [3.63, 3.8) is 0 Å². The molecule has 1 aromatic carbocycles. The van der Waals surface area contributed by atoms with Crippen molar-refractivity contribution in [2.45, 2.75) is 17.4 Å². The first-order valence-electron chi connectivity index (χ1n) is 5.51. The summed E-state index contributed by atoms with van der Waals surface area (Å²) in [6, 6.07) is 12.8. The van der Waals surface area contributed by atoms with Gasteiger partial charge in [0.15, 0.2) is 0 Å². The normalized spacial score (nSPS) is 12.6. The Bertz CT molecular complexity index is 496. The van der Waals surface area contributed by atoms with E-state index in [0.717, 1.165) is 16.6 Å².